The summed E-state index contributed by atoms with van der Waals surface area (Å²) in [5.41, 5.74) is 1.60. The highest BCUT2D eigenvalue weighted by atomic mass is 16.5. The van der Waals surface area contributed by atoms with Gasteiger partial charge in [0.2, 0.25) is 0 Å². The topological polar surface area (TPSA) is 43.2 Å². The smallest absolute Gasteiger partial charge is 0.137 e. The SMILES string of the molecule is CCCCOc1ccc(N=Nc2ccc(OCC[N+](C)(C)C)cc2)cc1. The molecule has 0 amide bonds. The second kappa shape index (κ2) is 9.92. The van der Waals surface area contributed by atoms with Crippen molar-refractivity contribution in [1.82, 2.24) is 0 Å². The summed E-state index contributed by atoms with van der Waals surface area (Å²) >= 11 is 0. The lowest BCUT2D eigenvalue weighted by Crippen LogP contribution is -2.38. The van der Waals surface area contributed by atoms with E-state index < -0.39 is 0 Å². The highest BCUT2D eigenvalue weighted by molar-refractivity contribution is 5.44. The Labute approximate surface area is 156 Å². The van der Waals surface area contributed by atoms with Gasteiger partial charge < -0.3 is 14.0 Å². The summed E-state index contributed by atoms with van der Waals surface area (Å²) in [7, 11) is 6.45. The minimum Gasteiger partial charge on any atom is -0.494 e. The van der Waals surface area contributed by atoms with Crippen molar-refractivity contribution < 1.29 is 14.0 Å². The lowest BCUT2D eigenvalue weighted by Gasteiger charge is -2.23. The standard InChI is InChI=1S/C21H30N3O2/c1-5-6-16-25-20-11-7-18(8-12-20)22-23-19-9-13-21(14-10-19)26-17-15-24(2,3)4/h7-14H,5-6,15-17H2,1-4H3/q+1. The summed E-state index contributed by atoms with van der Waals surface area (Å²) in [5, 5.41) is 8.53. The number of hydrogen-bond donors (Lipinski definition) is 0. The molecule has 5 nitrogen and oxygen atoms in total. The van der Waals surface area contributed by atoms with E-state index in [-0.39, 0.29) is 0 Å². The van der Waals surface area contributed by atoms with Gasteiger partial charge in [-0.25, -0.2) is 0 Å². The van der Waals surface area contributed by atoms with E-state index >= 15 is 0 Å². The predicted molar refractivity (Wildman–Crippen MR) is 106 cm³/mol. The van der Waals surface area contributed by atoms with Gasteiger partial charge in [0, 0.05) is 0 Å². The Kier molecular flexibility index (Phi) is 7.60. The maximum Gasteiger partial charge on any atom is 0.137 e. The number of azo groups is 1. The Hall–Kier alpha value is -2.40. The van der Waals surface area contributed by atoms with Gasteiger partial charge >= 0.3 is 0 Å². The van der Waals surface area contributed by atoms with E-state index in [4.69, 9.17) is 9.47 Å². The number of benzene rings is 2. The van der Waals surface area contributed by atoms with Gasteiger partial charge in [-0.15, -0.1) is 0 Å². The van der Waals surface area contributed by atoms with Crippen molar-refractivity contribution in [1.29, 1.82) is 0 Å². The predicted octanol–water partition coefficient (Wildman–Crippen LogP) is 5.37. The van der Waals surface area contributed by atoms with E-state index in [0.29, 0.717) is 6.61 Å². The normalized spacial score (nSPS) is 11.7. The summed E-state index contributed by atoms with van der Waals surface area (Å²) in [6.45, 7) is 4.55. The summed E-state index contributed by atoms with van der Waals surface area (Å²) in [5.74, 6) is 1.72. The summed E-state index contributed by atoms with van der Waals surface area (Å²) in [6, 6.07) is 15.3. The van der Waals surface area contributed by atoms with Gasteiger partial charge in [0.25, 0.3) is 0 Å². The zero-order valence-corrected chi connectivity index (χ0v) is 16.3. The molecular weight excluding hydrogens is 326 g/mol. The fourth-order valence-corrected chi connectivity index (χ4v) is 2.11. The van der Waals surface area contributed by atoms with Crippen LogP contribution >= 0.6 is 0 Å². The Morgan fingerprint density at radius 1 is 0.731 bits per heavy atom. The van der Waals surface area contributed by atoms with Crippen LogP contribution < -0.4 is 9.47 Å². The Morgan fingerprint density at radius 3 is 1.62 bits per heavy atom. The number of quaternary nitrogens is 1. The largest absolute Gasteiger partial charge is 0.494 e. The van der Waals surface area contributed by atoms with Crippen molar-refractivity contribution in [3.63, 3.8) is 0 Å². The van der Waals surface area contributed by atoms with Gasteiger partial charge in [-0.2, -0.15) is 10.2 Å². The molecule has 0 aromatic heterocycles. The van der Waals surface area contributed by atoms with Gasteiger partial charge in [-0.05, 0) is 55.0 Å². The molecular formula is C21H30N3O2+. The van der Waals surface area contributed by atoms with Crippen LogP contribution in [0.15, 0.2) is 58.8 Å². The highest BCUT2D eigenvalue weighted by Gasteiger charge is 2.06. The molecule has 5 heteroatoms. The van der Waals surface area contributed by atoms with Crippen molar-refractivity contribution in [3.8, 4) is 11.5 Å². The molecule has 140 valence electrons. The monoisotopic (exact) mass is 356 g/mol. The van der Waals surface area contributed by atoms with Crippen LogP contribution in [0.1, 0.15) is 19.8 Å². The van der Waals surface area contributed by atoms with Crippen LogP contribution in [-0.2, 0) is 0 Å². The van der Waals surface area contributed by atoms with Crippen LogP contribution in [-0.4, -0.2) is 45.4 Å². The second-order valence-electron chi connectivity index (χ2n) is 7.25. The van der Waals surface area contributed by atoms with E-state index in [1.807, 2.05) is 48.5 Å². The first-order chi connectivity index (χ1) is 12.5. The summed E-state index contributed by atoms with van der Waals surface area (Å²) in [6.07, 6.45) is 2.20. The molecule has 2 aromatic rings. The van der Waals surface area contributed by atoms with Crippen LogP contribution in [0.2, 0.25) is 0 Å². The lowest BCUT2D eigenvalue weighted by molar-refractivity contribution is -0.870. The van der Waals surface area contributed by atoms with Crippen LogP contribution in [0.25, 0.3) is 0 Å². The molecule has 0 fully saturated rings. The number of nitrogens with zero attached hydrogens (tertiary/aromatic N) is 3. The molecule has 0 aliphatic heterocycles. The molecule has 26 heavy (non-hydrogen) atoms. The molecule has 0 saturated heterocycles. The molecule has 0 atom stereocenters. The van der Waals surface area contributed by atoms with Gasteiger partial charge in [0.15, 0.2) is 0 Å². The molecule has 0 bridgehead atoms. The molecule has 0 heterocycles. The fraction of sp³-hybridized carbons (Fsp3) is 0.429. The van der Waals surface area contributed by atoms with Crippen molar-refractivity contribution in [2.45, 2.75) is 19.8 Å². The van der Waals surface area contributed by atoms with Crippen LogP contribution in [0.4, 0.5) is 11.4 Å². The summed E-state index contributed by atoms with van der Waals surface area (Å²) in [4.78, 5) is 0. The average molecular weight is 356 g/mol. The third kappa shape index (κ3) is 7.66. The van der Waals surface area contributed by atoms with Gasteiger partial charge in [0.1, 0.15) is 24.7 Å². The molecule has 0 unspecified atom stereocenters. The van der Waals surface area contributed by atoms with Crippen molar-refractivity contribution in [2.75, 3.05) is 40.9 Å². The van der Waals surface area contributed by atoms with Crippen LogP contribution in [0, 0.1) is 0 Å². The zero-order valence-electron chi connectivity index (χ0n) is 16.3. The molecule has 0 radical (unpaired) electrons. The molecule has 2 rings (SSSR count). The molecule has 0 aliphatic rings. The van der Waals surface area contributed by atoms with Crippen molar-refractivity contribution in [2.24, 2.45) is 10.2 Å². The lowest BCUT2D eigenvalue weighted by atomic mass is 10.3. The minimum atomic E-state index is 0.692. The maximum atomic E-state index is 5.75. The number of hydrogen-bond acceptors (Lipinski definition) is 4. The number of likely N-dealkylation sites (N-methyl/N-ethyl adjacent to an activating group) is 1. The first-order valence-electron chi connectivity index (χ1n) is 9.14. The third-order valence-electron chi connectivity index (χ3n) is 3.75. The van der Waals surface area contributed by atoms with Gasteiger partial charge in [-0.1, -0.05) is 13.3 Å². The van der Waals surface area contributed by atoms with Crippen molar-refractivity contribution in [3.05, 3.63) is 48.5 Å². The number of unbranched alkanes of at least 4 members (excludes halogenated alkanes) is 1. The maximum absolute atomic E-state index is 5.75. The minimum absolute atomic E-state index is 0.692. The molecule has 0 aliphatic carbocycles. The third-order valence-corrected chi connectivity index (χ3v) is 3.75. The number of rotatable bonds is 10. The average Bonchev–Trinajstić information content (AvgIpc) is 2.61. The van der Waals surface area contributed by atoms with Crippen molar-refractivity contribution >= 4 is 11.4 Å². The number of ether oxygens (including phenoxy) is 2. The van der Waals surface area contributed by atoms with Gasteiger partial charge in [0.05, 0.1) is 39.1 Å². The van der Waals surface area contributed by atoms with E-state index in [0.717, 1.165) is 53.4 Å². The molecule has 0 spiro atoms. The van der Waals surface area contributed by atoms with E-state index in [2.05, 4.69) is 38.3 Å². The van der Waals surface area contributed by atoms with E-state index in [9.17, 15) is 0 Å². The first-order valence-corrected chi connectivity index (χ1v) is 9.14. The Morgan fingerprint density at radius 2 is 1.19 bits per heavy atom. The zero-order chi connectivity index (χ0) is 18.8. The van der Waals surface area contributed by atoms with Crippen LogP contribution in [0.5, 0.6) is 11.5 Å². The van der Waals surface area contributed by atoms with Crippen LogP contribution in [0.3, 0.4) is 0 Å². The van der Waals surface area contributed by atoms with Gasteiger partial charge in [-0.3, -0.25) is 0 Å². The first kappa shape index (κ1) is 19.9. The molecule has 2 aromatic carbocycles. The highest BCUT2D eigenvalue weighted by Crippen LogP contribution is 2.23. The molecule has 0 N–H and O–H groups in total. The fourth-order valence-electron chi connectivity index (χ4n) is 2.11. The summed E-state index contributed by atoms with van der Waals surface area (Å²) < 4.78 is 12.3. The van der Waals surface area contributed by atoms with E-state index in [1.165, 1.54) is 0 Å². The Bertz CT molecular complexity index is 674. The quantitative estimate of drug-likeness (QED) is 0.326. The Balaban J connectivity index is 1.84. The second-order valence-corrected chi connectivity index (χ2v) is 7.25. The molecule has 0 saturated carbocycles. The van der Waals surface area contributed by atoms with E-state index in [1.54, 1.807) is 0 Å².